The summed E-state index contributed by atoms with van der Waals surface area (Å²) >= 11 is 0. The monoisotopic (exact) mass is 256 g/mol. The van der Waals surface area contributed by atoms with Crippen molar-refractivity contribution in [1.29, 1.82) is 0 Å². The maximum absolute atomic E-state index is 11.4. The van der Waals surface area contributed by atoms with E-state index in [4.69, 9.17) is 0 Å². The summed E-state index contributed by atoms with van der Waals surface area (Å²) in [6.07, 6.45) is 4.03. The molecule has 0 aromatic carbocycles. The van der Waals surface area contributed by atoms with Gasteiger partial charge in [0.25, 0.3) is 0 Å². The van der Waals surface area contributed by atoms with E-state index in [1.165, 1.54) is 0 Å². The van der Waals surface area contributed by atoms with Crippen LogP contribution in [-0.4, -0.2) is 22.3 Å². The SMILES string of the molecule is CC(O)CC(C(=O)O)C1(C)CCC(C(C)C)CC1. The summed E-state index contributed by atoms with van der Waals surface area (Å²) in [5.41, 5.74) is -0.145. The number of aliphatic hydroxyl groups excluding tert-OH is 1. The van der Waals surface area contributed by atoms with Crippen LogP contribution in [0.4, 0.5) is 0 Å². The number of carbonyl (C=O) groups is 1. The Labute approximate surface area is 111 Å². The van der Waals surface area contributed by atoms with Crippen LogP contribution in [0.2, 0.25) is 0 Å². The number of hydrogen-bond acceptors (Lipinski definition) is 2. The van der Waals surface area contributed by atoms with Gasteiger partial charge in [0.15, 0.2) is 0 Å². The van der Waals surface area contributed by atoms with Crippen LogP contribution in [0.5, 0.6) is 0 Å². The lowest BCUT2D eigenvalue weighted by Gasteiger charge is -2.42. The molecule has 2 atom stereocenters. The second kappa shape index (κ2) is 6.05. The maximum Gasteiger partial charge on any atom is 0.307 e. The van der Waals surface area contributed by atoms with Gasteiger partial charge in [0.1, 0.15) is 0 Å². The first-order valence-corrected chi connectivity index (χ1v) is 7.17. The molecule has 2 N–H and O–H groups in total. The van der Waals surface area contributed by atoms with Crippen LogP contribution in [0, 0.1) is 23.2 Å². The second-order valence-corrected chi connectivity index (χ2v) is 6.71. The maximum atomic E-state index is 11.4. The minimum Gasteiger partial charge on any atom is -0.481 e. The molecule has 3 nitrogen and oxygen atoms in total. The van der Waals surface area contributed by atoms with Crippen LogP contribution < -0.4 is 0 Å². The van der Waals surface area contributed by atoms with Crippen LogP contribution in [0.15, 0.2) is 0 Å². The first-order valence-electron chi connectivity index (χ1n) is 7.17. The van der Waals surface area contributed by atoms with Gasteiger partial charge in [0.05, 0.1) is 12.0 Å². The summed E-state index contributed by atoms with van der Waals surface area (Å²) in [5, 5.41) is 18.9. The third-order valence-corrected chi connectivity index (χ3v) is 4.83. The smallest absolute Gasteiger partial charge is 0.307 e. The zero-order valence-electron chi connectivity index (χ0n) is 12.1. The number of aliphatic hydroxyl groups is 1. The van der Waals surface area contributed by atoms with Crippen molar-refractivity contribution in [3.05, 3.63) is 0 Å². The van der Waals surface area contributed by atoms with E-state index < -0.39 is 18.0 Å². The fraction of sp³-hybridized carbons (Fsp3) is 0.933. The number of carboxylic acid groups (broad SMARTS) is 1. The van der Waals surface area contributed by atoms with Crippen LogP contribution in [-0.2, 0) is 4.79 Å². The number of hydrogen-bond donors (Lipinski definition) is 2. The van der Waals surface area contributed by atoms with Crippen LogP contribution in [0.3, 0.4) is 0 Å². The minimum absolute atomic E-state index is 0.145. The molecule has 3 heteroatoms. The Kier molecular flexibility index (Phi) is 5.20. The molecule has 18 heavy (non-hydrogen) atoms. The van der Waals surface area contributed by atoms with Gasteiger partial charge in [-0.3, -0.25) is 4.79 Å². The van der Waals surface area contributed by atoms with E-state index in [9.17, 15) is 15.0 Å². The zero-order valence-corrected chi connectivity index (χ0v) is 12.1. The van der Waals surface area contributed by atoms with Gasteiger partial charge in [0, 0.05) is 0 Å². The Morgan fingerprint density at radius 1 is 1.28 bits per heavy atom. The first kappa shape index (κ1) is 15.5. The van der Waals surface area contributed by atoms with Gasteiger partial charge in [-0.15, -0.1) is 0 Å². The highest BCUT2D eigenvalue weighted by Gasteiger charge is 2.42. The Morgan fingerprint density at radius 3 is 2.11 bits per heavy atom. The topological polar surface area (TPSA) is 57.5 Å². The molecule has 1 aliphatic rings. The Bertz CT molecular complexity index is 275. The van der Waals surface area contributed by atoms with E-state index in [1.54, 1.807) is 6.92 Å². The fourth-order valence-electron chi connectivity index (χ4n) is 3.34. The van der Waals surface area contributed by atoms with Crippen molar-refractivity contribution in [3.63, 3.8) is 0 Å². The lowest BCUT2D eigenvalue weighted by atomic mass is 9.62. The van der Waals surface area contributed by atoms with Crippen molar-refractivity contribution < 1.29 is 15.0 Å². The largest absolute Gasteiger partial charge is 0.481 e. The van der Waals surface area contributed by atoms with E-state index in [2.05, 4.69) is 20.8 Å². The molecular formula is C15H28O3. The van der Waals surface area contributed by atoms with Crippen molar-refractivity contribution in [2.24, 2.45) is 23.2 Å². The highest BCUT2D eigenvalue weighted by molar-refractivity contribution is 5.71. The molecule has 1 rings (SSSR count). The fourth-order valence-corrected chi connectivity index (χ4v) is 3.34. The van der Waals surface area contributed by atoms with Gasteiger partial charge in [-0.2, -0.15) is 0 Å². The number of carboxylic acids is 1. The molecule has 0 aromatic rings. The molecule has 0 saturated heterocycles. The summed E-state index contributed by atoms with van der Waals surface area (Å²) < 4.78 is 0. The third kappa shape index (κ3) is 3.71. The summed E-state index contributed by atoms with van der Waals surface area (Å²) in [5.74, 6) is 0.265. The second-order valence-electron chi connectivity index (χ2n) is 6.71. The van der Waals surface area contributed by atoms with E-state index in [-0.39, 0.29) is 5.41 Å². The Hall–Kier alpha value is -0.570. The van der Waals surface area contributed by atoms with E-state index >= 15 is 0 Å². The standard InChI is InChI=1S/C15H28O3/c1-10(2)12-5-7-15(4,8-6-12)13(14(17)18)9-11(3)16/h10-13,16H,5-9H2,1-4H3,(H,17,18). The van der Waals surface area contributed by atoms with Crippen LogP contribution in [0.25, 0.3) is 0 Å². The van der Waals surface area contributed by atoms with Gasteiger partial charge in [-0.1, -0.05) is 20.8 Å². The predicted molar refractivity (Wildman–Crippen MR) is 72.3 cm³/mol. The normalized spacial score (nSPS) is 32.2. The highest BCUT2D eigenvalue weighted by atomic mass is 16.4. The van der Waals surface area contributed by atoms with E-state index in [0.29, 0.717) is 12.3 Å². The molecule has 0 bridgehead atoms. The van der Waals surface area contributed by atoms with E-state index in [0.717, 1.165) is 31.6 Å². The lowest BCUT2D eigenvalue weighted by molar-refractivity contribution is -0.149. The van der Waals surface area contributed by atoms with Crippen molar-refractivity contribution >= 4 is 5.97 Å². The molecule has 1 fully saturated rings. The summed E-state index contributed by atoms with van der Waals surface area (Å²) in [6, 6.07) is 0. The predicted octanol–water partition coefficient (Wildman–Crippen LogP) is 3.31. The molecule has 1 saturated carbocycles. The quantitative estimate of drug-likeness (QED) is 0.793. The number of rotatable bonds is 5. The van der Waals surface area contributed by atoms with Crippen molar-refractivity contribution in [2.45, 2.75) is 65.9 Å². The molecule has 0 aliphatic heterocycles. The third-order valence-electron chi connectivity index (χ3n) is 4.83. The van der Waals surface area contributed by atoms with Gasteiger partial charge >= 0.3 is 5.97 Å². The number of aliphatic carboxylic acids is 1. The van der Waals surface area contributed by atoms with Crippen LogP contribution >= 0.6 is 0 Å². The lowest BCUT2D eigenvalue weighted by Crippen LogP contribution is -2.39. The summed E-state index contributed by atoms with van der Waals surface area (Å²) in [6.45, 7) is 8.26. The van der Waals surface area contributed by atoms with Crippen molar-refractivity contribution in [2.75, 3.05) is 0 Å². The molecule has 0 spiro atoms. The van der Waals surface area contributed by atoms with Gasteiger partial charge in [-0.05, 0) is 56.3 Å². The Morgan fingerprint density at radius 2 is 1.78 bits per heavy atom. The minimum atomic E-state index is -0.749. The molecule has 0 radical (unpaired) electrons. The van der Waals surface area contributed by atoms with Crippen molar-refractivity contribution in [1.82, 2.24) is 0 Å². The van der Waals surface area contributed by atoms with Crippen molar-refractivity contribution in [3.8, 4) is 0 Å². The van der Waals surface area contributed by atoms with Gasteiger partial charge in [-0.25, -0.2) is 0 Å². The molecule has 0 amide bonds. The van der Waals surface area contributed by atoms with Crippen LogP contribution in [0.1, 0.15) is 59.8 Å². The molecule has 0 aromatic heterocycles. The van der Waals surface area contributed by atoms with E-state index in [1.807, 2.05) is 0 Å². The zero-order chi connectivity index (χ0) is 13.9. The van der Waals surface area contributed by atoms with Gasteiger partial charge in [0.2, 0.25) is 0 Å². The molecule has 0 heterocycles. The molecule has 2 unspecified atom stereocenters. The average Bonchev–Trinajstić information content (AvgIpc) is 2.25. The highest BCUT2D eigenvalue weighted by Crippen LogP contribution is 2.47. The summed E-state index contributed by atoms with van der Waals surface area (Å²) in [4.78, 5) is 11.4. The molecular weight excluding hydrogens is 228 g/mol. The Balaban J connectivity index is 2.70. The average molecular weight is 256 g/mol. The summed E-state index contributed by atoms with van der Waals surface area (Å²) in [7, 11) is 0. The molecule has 106 valence electrons. The van der Waals surface area contributed by atoms with Gasteiger partial charge < -0.3 is 10.2 Å². The first-order chi connectivity index (χ1) is 8.26. The molecule has 1 aliphatic carbocycles.